The number of benzene rings is 3. The van der Waals surface area contributed by atoms with Crippen LogP contribution in [-0.2, 0) is 4.79 Å². The molecule has 196 valence electrons. The van der Waals surface area contributed by atoms with Gasteiger partial charge in [0.1, 0.15) is 5.75 Å². The van der Waals surface area contributed by atoms with E-state index in [9.17, 15) is 20.0 Å². The molecule has 2 aliphatic rings. The third-order valence-corrected chi connectivity index (χ3v) is 6.88. The number of anilines is 2. The van der Waals surface area contributed by atoms with Gasteiger partial charge in [-0.15, -0.1) is 0 Å². The number of ether oxygens (including phenoxy) is 2. The monoisotopic (exact) mass is 515 g/mol. The summed E-state index contributed by atoms with van der Waals surface area (Å²) in [5.74, 6) is 0.150. The van der Waals surface area contributed by atoms with Gasteiger partial charge in [0.25, 0.3) is 0 Å². The maximum atomic E-state index is 13.8. The van der Waals surface area contributed by atoms with E-state index in [4.69, 9.17) is 9.47 Å². The number of hydrogen-bond acceptors (Lipinski definition) is 8. The van der Waals surface area contributed by atoms with E-state index in [1.165, 1.54) is 6.07 Å². The number of rotatable bonds is 7. The number of phenolic OH excluding ortho intramolecular Hbond substituents is 1. The van der Waals surface area contributed by atoms with Gasteiger partial charge >= 0.3 is 5.69 Å². The summed E-state index contributed by atoms with van der Waals surface area (Å²) in [7, 11) is 0. The number of hydrogen-bond donors (Lipinski definition) is 3. The summed E-state index contributed by atoms with van der Waals surface area (Å²) >= 11 is 0. The molecule has 0 spiro atoms. The van der Waals surface area contributed by atoms with Crippen LogP contribution < -0.4 is 20.1 Å². The molecule has 0 radical (unpaired) electrons. The molecular weight excluding hydrogens is 486 g/mol. The second-order valence-corrected chi connectivity index (χ2v) is 9.25. The molecule has 9 nitrogen and oxygen atoms in total. The van der Waals surface area contributed by atoms with Crippen LogP contribution in [0.15, 0.2) is 71.9 Å². The highest BCUT2D eigenvalue weighted by atomic mass is 16.6. The first-order valence-electron chi connectivity index (χ1n) is 12.6. The maximum absolute atomic E-state index is 13.8. The summed E-state index contributed by atoms with van der Waals surface area (Å²) in [6.45, 7) is 4.46. The summed E-state index contributed by atoms with van der Waals surface area (Å²) in [6.07, 6.45) is 0.877. The molecule has 9 heteroatoms. The van der Waals surface area contributed by atoms with Gasteiger partial charge in [-0.2, -0.15) is 0 Å². The molecule has 2 atom stereocenters. The minimum absolute atomic E-state index is 0.00154. The summed E-state index contributed by atoms with van der Waals surface area (Å²) in [4.78, 5) is 24.9. The summed E-state index contributed by atoms with van der Waals surface area (Å²) in [5, 5.41) is 29.1. The number of nitro groups is 1. The van der Waals surface area contributed by atoms with Gasteiger partial charge < -0.3 is 25.2 Å². The lowest BCUT2D eigenvalue weighted by molar-refractivity contribution is -0.386. The second kappa shape index (κ2) is 10.5. The molecule has 0 aromatic heterocycles. The SMILES string of the molecule is CCOc1ccc(C2CC(=O)C3=C(C2)Nc2ccccc2NC3c2cc(OCC)c(O)c([N+](=O)[O-])c2)cc1. The Balaban J connectivity index is 1.61. The van der Waals surface area contributed by atoms with E-state index in [0.29, 0.717) is 30.6 Å². The Morgan fingerprint density at radius 3 is 2.37 bits per heavy atom. The number of nitrogens with one attached hydrogen (secondary N) is 2. The quantitative estimate of drug-likeness (QED) is 0.256. The Kier molecular flexibility index (Phi) is 6.91. The molecule has 1 heterocycles. The van der Waals surface area contributed by atoms with Gasteiger partial charge in [0, 0.05) is 23.8 Å². The lowest BCUT2D eigenvalue weighted by atomic mass is 9.78. The molecule has 38 heavy (non-hydrogen) atoms. The van der Waals surface area contributed by atoms with Crippen LogP contribution in [0.3, 0.4) is 0 Å². The van der Waals surface area contributed by atoms with E-state index in [1.54, 1.807) is 13.0 Å². The van der Waals surface area contributed by atoms with Crippen molar-refractivity contribution in [2.75, 3.05) is 23.8 Å². The zero-order chi connectivity index (χ0) is 26.8. The van der Waals surface area contributed by atoms with Gasteiger partial charge in [-0.3, -0.25) is 14.9 Å². The fourth-order valence-electron chi connectivity index (χ4n) is 5.17. The Hall–Kier alpha value is -4.53. The van der Waals surface area contributed by atoms with Crippen LogP contribution >= 0.6 is 0 Å². The molecule has 0 fully saturated rings. The first kappa shape index (κ1) is 25.1. The van der Waals surface area contributed by atoms with Crippen LogP contribution in [0.4, 0.5) is 17.1 Å². The minimum Gasteiger partial charge on any atom is -0.500 e. The number of fused-ring (bicyclic) bond motifs is 1. The third-order valence-electron chi connectivity index (χ3n) is 6.88. The third kappa shape index (κ3) is 4.74. The number of Topliss-reactive ketones (excluding diaryl/α,β-unsaturated/α-hetero) is 1. The highest BCUT2D eigenvalue weighted by Gasteiger charge is 2.37. The number of carbonyl (C=O) groups is 1. The maximum Gasteiger partial charge on any atom is 0.315 e. The summed E-state index contributed by atoms with van der Waals surface area (Å²) < 4.78 is 11.1. The van der Waals surface area contributed by atoms with Crippen LogP contribution in [0, 0.1) is 10.1 Å². The van der Waals surface area contributed by atoms with Crippen LogP contribution in [0.25, 0.3) is 0 Å². The van der Waals surface area contributed by atoms with Crippen molar-refractivity contribution in [1.29, 1.82) is 0 Å². The van der Waals surface area contributed by atoms with Crippen molar-refractivity contribution in [3.63, 3.8) is 0 Å². The Morgan fingerprint density at radius 2 is 1.68 bits per heavy atom. The smallest absolute Gasteiger partial charge is 0.315 e. The van der Waals surface area contributed by atoms with Crippen molar-refractivity contribution < 1.29 is 24.3 Å². The van der Waals surface area contributed by atoms with Gasteiger partial charge in [-0.25, -0.2) is 0 Å². The molecule has 0 amide bonds. The van der Waals surface area contributed by atoms with E-state index in [-0.39, 0.29) is 24.1 Å². The molecular formula is C29H29N3O6. The number of nitrogens with zero attached hydrogens (tertiary/aromatic N) is 1. The van der Waals surface area contributed by atoms with Crippen LogP contribution in [0.5, 0.6) is 17.2 Å². The molecule has 1 aliphatic heterocycles. The molecule has 3 aromatic carbocycles. The Morgan fingerprint density at radius 1 is 0.974 bits per heavy atom. The number of ketones is 1. The van der Waals surface area contributed by atoms with Crippen molar-refractivity contribution >= 4 is 22.8 Å². The number of phenols is 1. The van der Waals surface area contributed by atoms with E-state index < -0.39 is 22.4 Å². The predicted octanol–water partition coefficient (Wildman–Crippen LogP) is 6.08. The van der Waals surface area contributed by atoms with Gasteiger partial charge in [0.15, 0.2) is 11.5 Å². The Bertz CT molecular complexity index is 1420. The second-order valence-electron chi connectivity index (χ2n) is 9.25. The van der Waals surface area contributed by atoms with Crippen molar-refractivity contribution in [3.05, 3.63) is 93.2 Å². The topological polar surface area (TPSA) is 123 Å². The fraction of sp³-hybridized carbons (Fsp3) is 0.276. The number of aromatic hydroxyl groups is 1. The first-order chi connectivity index (χ1) is 18.4. The van der Waals surface area contributed by atoms with Gasteiger partial charge in [0.2, 0.25) is 5.75 Å². The van der Waals surface area contributed by atoms with Crippen molar-refractivity contribution in [3.8, 4) is 17.2 Å². The van der Waals surface area contributed by atoms with E-state index >= 15 is 0 Å². The predicted molar refractivity (Wildman–Crippen MR) is 144 cm³/mol. The fourth-order valence-corrected chi connectivity index (χ4v) is 5.17. The average molecular weight is 516 g/mol. The highest BCUT2D eigenvalue weighted by Crippen LogP contribution is 2.47. The van der Waals surface area contributed by atoms with Gasteiger partial charge in [-0.05, 0) is 67.6 Å². The van der Waals surface area contributed by atoms with Crippen molar-refractivity contribution in [2.24, 2.45) is 0 Å². The molecule has 0 saturated heterocycles. The lowest BCUT2D eigenvalue weighted by Gasteiger charge is -2.30. The number of nitro benzene ring substituents is 1. The highest BCUT2D eigenvalue weighted by molar-refractivity contribution is 6.01. The van der Waals surface area contributed by atoms with Crippen LogP contribution in [0.2, 0.25) is 0 Å². The number of allylic oxidation sites excluding steroid dienone is 1. The first-order valence-corrected chi connectivity index (χ1v) is 12.6. The molecule has 0 saturated carbocycles. The summed E-state index contributed by atoms with van der Waals surface area (Å²) in [6, 6.07) is 17.6. The molecule has 3 N–H and O–H groups in total. The van der Waals surface area contributed by atoms with Crippen LogP contribution in [-0.4, -0.2) is 29.0 Å². The molecule has 0 bridgehead atoms. The zero-order valence-corrected chi connectivity index (χ0v) is 21.2. The lowest BCUT2D eigenvalue weighted by Crippen LogP contribution is -2.27. The van der Waals surface area contributed by atoms with E-state index in [1.807, 2.05) is 55.5 Å². The standard InChI is InChI=1S/C29H29N3O6/c1-3-37-20-11-9-17(10-12-20)18-13-23-27(25(33)15-18)28(31-22-8-6-5-7-21(22)30-23)19-14-24(32(35)36)29(34)26(16-19)38-4-2/h5-12,14,16,18,28,30-31,34H,3-4,13,15H2,1-2H3. The normalized spacial score (nSPS) is 18.4. The van der Waals surface area contributed by atoms with E-state index in [0.717, 1.165) is 28.4 Å². The Labute approximate surface area is 220 Å². The zero-order valence-electron chi connectivity index (χ0n) is 21.2. The van der Waals surface area contributed by atoms with Gasteiger partial charge in [0.05, 0.1) is 35.6 Å². The summed E-state index contributed by atoms with van der Waals surface area (Å²) in [5.41, 5.74) is 3.86. The largest absolute Gasteiger partial charge is 0.500 e. The molecule has 5 rings (SSSR count). The molecule has 3 aromatic rings. The minimum atomic E-state index is -0.687. The van der Waals surface area contributed by atoms with E-state index in [2.05, 4.69) is 10.6 Å². The van der Waals surface area contributed by atoms with Crippen LogP contribution in [0.1, 0.15) is 49.8 Å². The number of carbonyl (C=O) groups excluding carboxylic acids is 1. The number of para-hydroxylation sites is 2. The molecule has 2 unspecified atom stereocenters. The molecule has 1 aliphatic carbocycles. The van der Waals surface area contributed by atoms with Crippen molar-refractivity contribution in [2.45, 2.75) is 38.6 Å². The van der Waals surface area contributed by atoms with Gasteiger partial charge in [-0.1, -0.05) is 24.3 Å². The average Bonchev–Trinajstić information content (AvgIpc) is 3.07. The van der Waals surface area contributed by atoms with Crippen molar-refractivity contribution in [1.82, 2.24) is 0 Å².